The number of methoxy groups -OCH3 is 1. The topological polar surface area (TPSA) is 38.8 Å². The van der Waals surface area contributed by atoms with Crippen LogP contribution in [-0.4, -0.2) is 38.3 Å². The fourth-order valence-corrected chi connectivity index (χ4v) is 1.26. The zero-order valence-corrected chi connectivity index (χ0v) is 9.03. The lowest BCUT2D eigenvalue weighted by Gasteiger charge is -2.24. The van der Waals surface area contributed by atoms with Crippen LogP contribution in [-0.2, 0) is 14.4 Å². The number of carbonyl (C=O) groups excluding carboxylic acids is 1. The molecule has 0 fully saturated rings. The molecule has 0 spiro atoms. The normalized spacial score (nSPS) is 15.2. The van der Waals surface area contributed by atoms with E-state index >= 15 is 0 Å². The zero-order valence-electron chi connectivity index (χ0n) is 9.03. The van der Waals surface area contributed by atoms with Crippen molar-refractivity contribution in [3.05, 3.63) is 0 Å². The van der Waals surface area contributed by atoms with Gasteiger partial charge in [-0.25, -0.2) is 5.06 Å². The van der Waals surface area contributed by atoms with Crippen molar-refractivity contribution < 1.29 is 14.4 Å². The van der Waals surface area contributed by atoms with Crippen LogP contribution >= 0.6 is 0 Å². The van der Waals surface area contributed by atoms with E-state index < -0.39 is 0 Å². The minimum Gasteiger partial charge on any atom is -0.381 e. The Hall–Kier alpha value is -0.610. The van der Waals surface area contributed by atoms with Crippen molar-refractivity contribution in [2.24, 2.45) is 5.92 Å². The van der Waals surface area contributed by atoms with Crippen molar-refractivity contribution in [1.82, 2.24) is 5.06 Å². The molecule has 78 valence electrons. The van der Waals surface area contributed by atoms with Crippen LogP contribution in [0.2, 0.25) is 0 Å². The van der Waals surface area contributed by atoms with Crippen LogP contribution in [0.1, 0.15) is 20.3 Å². The second-order valence-electron chi connectivity index (χ2n) is 2.99. The average molecular weight is 189 g/mol. The van der Waals surface area contributed by atoms with Crippen LogP contribution in [0.3, 0.4) is 0 Å². The van der Waals surface area contributed by atoms with Crippen LogP contribution in [0, 0.1) is 5.92 Å². The molecule has 0 unspecified atom stereocenters. The van der Waals surface area contributed by atoms with E-state index in [0.29, 0.717) is 0 Å². The molecule has 1 amide bonds. The van der Waals surface area contributed by atoms with Crippen LogP contribution < -0.4 is 0 Å². The van der Waals surface area contributed by atoms with E-state index in [9.17, 15) is 4.79 Å². The first-order valence-corrected chi connectivity index (χ1v) is 4.42. The van der Waals surface area contributed by atoms with Crippen LogP contribution in [0.15, 0.2) is 0 Å². The number of amides is 1. The molecule has 0 aromatic heterocycles. The second-order valence-corrected chi connectivity index (χ2v) is 2.99. The summed E-state index contributed by atoms with van der Waals surface area (Å²) in [6.45, 7) is 3.83. The quantitative estimate of drug-likeness (QED) is 0.607. The van der Waals surface area contributed by atoms with Gasteiger partial charge < -0.3 is 4.74 Å². The molecule has 0 aromatic carbocycles. The predicted octanol–water partition coefficient (Wildman–Crippen LogP) is 1.07. The number of ether oxygens (including phenoxy) is 1. The van der Waals surface area contributed by atoms with E-state index in [1.807, 2.05) is 13.8 Å². The van der Waals surface area contributed by atoms with E-state index in [1.54, 1.807) is 14.2 Å². The smallest absolute Gasteiger partial charge is 0.251 e. The summed E-state index contributed by atoms with van der Waals surface area (Å²) in [7, 11) is 4.68. The first-order chi connectivity index (χ1) is 6.08. The monoisotopic (exact) mass is 189 g/mol. The summed E-state index contributed by atoms with van der Waals surface area (Å²) in [5.41, 5.74) is 0. The van der Waals surface area contributed by atoms with Gasteiger partial charge in [0.1, 0.15) is 0 Å². The minimum atomic E-state index is -0.167. The molecule has 0 aliphatic heterocycles. The molecule has 0 heterocycles. The van der Waals surface area contributed by atoms with Crippen LogP contribution in [0.5, 0.6) is 0 Å². The van der Waals surface area contributed by atoms with Gasteiger partial charge in [0.05, 0.1) is 19.1 Å². The van der Waals surface area contributed by atoms with E-state index in [2.05, 4.69) is 0 Å². The number of hydrogen-bond donors (Lipinski definition) is 0. The summed E-state index contributed by atoms with van der Waals surface area (Å²) in [5.74, 6) is -0.226. The summed E-state index contributed by atoms with van der Waals surface area (Å²) >= 11 is 0. The second kappa shape index (κ2) is 5.94. The third-order valence-corrected chi connectivity index (χ3v) is 2.24. The van der Waals surface area contributed by atoms with Gasteiger partial charge >= 0.3 is 0 Å². The third kappa shape index (κ3) is 3.32. The van der Waals surface area contributed by atoms with Gasteiger partial charge in [0.2, 0.25) is 0 Å². The van der Waals surface area contributed by atoms with E-state index in [-0.39, 0.29) is 17.9 Å². The summed E-state index contributed by atoms with van der Waals surface area (Å²) < 4.78 is 5.17. The van der Waals surface area contributed by atoms with Crippen molar-refractivity contribution >= 4 is 5.91 Å². The first kappa shape index (κ1) is 12.4. The Morgan fingerprint density at radius 2 is 2.00 bits per heavy atom. The summed E-state index contributed by atoms with van der Waals surface area (Å²) in [6.07, 6.45) is 0.783. The van der Waals surface area contributed by atoms with Gasteiger partial charge in [-0.05, 0) is 6.42 Å². The van der Waals surface area contributed by atoms with Gasteiger partial charge in [0.25, 0.3) is 5.91 Å². The standard InChI is InChI=1S/C9H19NO3/c1-6-8(12-4)7(2)9(11)10(3)13-5/h7-8H,6H2,1-5H3/t7-,8+/m1/s1. The molecule has 0 aliphatic rings. The molecule has 0 rings (SSSR count). The van der Waals surface area contributed by atoms with Crippen LogP contribution in [0.4, 0.5) is 0 Å². The molecule has 0 N–H and O–H groups in total. The van der Waals surface area contributed by atoms with Crippen molar-refractivity contribution in [2.75, 3.05) is 21.3 Å². The molecular formula is C9H19NO3. The predicted molar refractivity (Wildman–Crippen MR) is 50.0 cm³/mol. The summed E-state index contributed by atoms with van der Waals surface area (Å²) in [6, 6.07) is 0. The van der Waals surface area contributed by atoms with Crippen molar-refractivity contribution in [3.63, 3.8) is 0 Å². The number of nitrogens with zero attached hydrogens (tertiary/aromatic N) is 1. The molecule has 2 atom stereocenters. The Morgan fingerprint density at radius 1 is 1.46 bits per heavy atom. The summed E-state index contributed by atoms with van der Waals surface area (Å²) in [5, 5.41) is 1.23. The highest BCUT2D eigenvalue weighted by molar-refractivity contribution is 5.77. The molecule has 0 bridgehead atoms. The van der Waals surface area contributed by atoms with Crippen molar-refractivity contribution in [3.8, 4) is 0 Å². The highest BCUT2D eigenvalue weighted by atomic mass is 16.7. The molecule has 4 nitrogen and oxygen atoms in total. The van der Waals surface area contributed by atoms with Crippen LogP contribution in [0.25, 0.3) is 0 Å². The highest BCUT2D eigenvalue weighted by Gasteiger charge is 2.25. The maximum absolute atomic E-state index is 11.6. The van der Waals surface area contributed by atoms with E-state index in [1.165, 1.54) is 12.2 Å². The lowest BCUT2D eigenvalue weighted by Crippen LogP contribution is -2.37. The first-order valence-electron chi connectivity index (χ1n) is 4.42. The van der Waals surface area contributed by atoms with Crippen molar-refractivity contribution in [1.29, 1.82) is 0 Å². The highest BCUT2D eigenvalue weighted by Crippen LogP contribution is 2.12. The van der Waals surface area contributed by atoms with Gasteiger partial charge in [0.15, 0.2) is 0 Å². The Labute approximate surface area is 79.8 Å². The maximum Gasteiger partial charge on any atom is 0.251 e. The SMILES string of the molecule is CC[C@H](OC)[C@@H](C)C(=O)N(C)OC. The Morgan fingerprint density at radius 3 is 2.31 bits per heavy atom. The minimum absolute atomic E-state index is 0.0369. The Balaban J connectivity index is 4.22. The van der Waals surface area contributed by atoms with Crippen molar-refractivity contribution in [2.45, 2.75) is 26.4 Å². The Bertz CT molecular complexity index is 157. The fraction of sp³-hybridized carbons (Fsp3) is 0.889. The molecule has 0 saturated carbocycles. The number of carbonyl (C=O) groups is 1. The van der Waals surface area contributed by atoms with E-state index in [4.69, 9.17) is 9.57 Å². The lowest BCUT2D eigenvalue weighted by molar-refractivity contribution is -0.177. The molecule has 4 heteroatoms. The fourth-order valence-electron chi connectivity index (χ4n) is 1.26. The zero-order chi connectivity index (χ0) is 10.4. The third-order valence-electron chi connectivity index (χ3n) is 2.24. The largest absolute Gasteiger partial charge is 0.381 e. The summed E-state index contributed by atoms with van der Waals surface area (Å²) in [4.78, 5) is 16.4. The van der Waals surface area contributed by atoms with Gasteiger partial charge in [-0.3, -0.25) is 9.63 Å². The molecule has 0 aliphatic carbocycles. The van der Waals surface area contributed by atoms with Gasteiger partial charge in [-0.2, -0.15) is 0 Å². The number of hydrogen-bond acceptors (Lipinski definition) is 3. The van der Waals surface area contributed by atoms with E-state index in [0.717, 1.165) is 6.42 Å². The molecule has 13 heavy (non-hydrogen) atoms. The average Bonchev–Trinajstić information content (AvgIpc) is 2.17. The van der Waals surface area contributed by atoms with Gasteiger partial charge in [-0.1, -0.05) is 13.8 Å². The Kier molecular flexibility index (Phi) is 5.66. The maximum atomic E-state index is 11.6. The van der Waals surface area contributed by atoms with Gasteiger partial charge in [0, 0.05) is 14.2 Å². The lowest BCUT2D eigenvalue weighted by atomic mass is 10.0. The molecule has 0 aromatic rings. The number of hydroxylamine groups is 2. The molecule has 0 radical (unpaired) electrons. The molecular weight excluding hydrogens is 170 g/mol. The number of rotatable bonds is 5. The van der Waals surface area contributed by atoms with Gasteiger partial charge in [-0.15, -0.1) is 0 Å². The molecule has 0 saturated heterocycles.